The van der Waals surface area contributed by atoms with Crippen LogP contribution in [0.2, 0.25) is 0 Å². The molecule has 1 aliphatic heterocycles. The fourth-order valence-corrected chi connectivity index (χ4v) is 4.20. The van der Waals surface area contributed by atoms with Crippen molar-refractivity contribution in [3.8, 4) is 11.5 Å². The van der Waals surface area contributed by atoms with Crippen molar-refractivity contribution < 1.29 is 14.1 Å². The second-order valence-electron chi connectivity index (χ2n) is 7.61. The Labute approximate surface area is 200 Å². The molecule has 176 valence electrons. The van der Waals surface area contributed by atoms with Crippen LogP contribution in [0.25, 0.3) is 11.5 Å². The lowest BCUT2D eigenvalue weighted by Crippen LogP contribution is -2.46. The van der Waals surface area contributed by atoms with Gasteiger partial charge in [-0.15, -0.1) is 16.8 Å². The van der Waals surface area contributed by atoms with Gasteiger partial charge in [0, 0.05) is 50.2 Å². The first-order valence-corrected chi connectivity index (χ1v) is 11.7. The fourth-order valence-electron chi connectivity index (χ4n) is 3.64. The molecule has 1 aliphatic rings. The number of nitro benzene ring substituents is 1. The first-order chi connectivity index (χ1) is 16.5. The van der Waals surface area contributed by atoms with Crippen LogP contribution in [0.5, 0.6) is 0 Å². The van der Waals surface area contributed by atoms with Gasteiger partial charge in [-0.05, 0) is 30.3 Å². The molecule has 0 saturated carbocycles. The Bertz CT molecular complexity index is 1160. The van der Waals surface area contributed by atoms with Crippen molar-refractivity contribution >= 4 is 34.7 Å². The maximum absolute atomic E-state index is 12.4. The Kier molecular flexibility index (Phi) is 7.55. The molecule has 0 atom stereocenters. The Hall–Kier alpha value is -3.70. The number of nitro groups is 1. The second-order valence-corrected chi connectivity index (χ2v) is 8.53. The number of piperazine rings is 1. The number of amides is 1. The van der Waals surface area contributed by atoms with E-state index in [1.165, 1.54) is 12.1 Å². The van der Waals surface area contributed by atoms with Crippen LogP contribution in [0.1, 0.15) is 0 Å². The van der Waals surface area contributed by atoms with E-state index in [9.17, 15) is 14.9 Å². The molecule has 11 heteroatoms. The van der Waals surface area contributed by atoms with Crippen molar-refractivity contribution in [2.75, 3.05) is 48.7 Å². The van der Waals surface area contributed by atoms with Crippen LogP contribution >= 0.6 is 11.8 Å². The topological polar surface area (TPSA) is 118 Å². The van der Waals surface area contributed by atoms with Crippen LogP contribution < -0.4 is 10.2 Å². The minimum Gasteiger partial charge on any atom is -0.411 e. The number of anilines is 2. The van der Waals surface area contributed by atoms with E-state index in [1.54, 1.807) is 12.1 Å². The van der Waals surface area contributed by atoms with Crippen LogP contribution in [-0.2, 0) is 4.79 Å². The monoisotopic (exact) mass is 480 g/mol. The Morgan fingerprint density at radius 1 is 1.15 bits per heavy atom. The largest absolute Gasteiger partial charge is 0.411 e. The highest BCUT2D eigenvalue weighted by atomic mass is 32.2. The van der Waals surface area contributed by atoms with Crippen LogP contribution in [0.4, 0.5) is 17.1 Å². The van der Waals surface area contributed by atoms with E-state index in [-0.39, 0.29) is 34.0 Å². The second kappa shape index (κ2) is 10.9. The average Bonchev–Trinajstić information content (AvgIpc) is 3.33. The summed E-state index contributed by atoms with van der Waals surface area (Å²) in [7, 11) is 0. The highest BCUT2D eigenvalue weighted by Crippen LogP contribution is 2.30. The molecule has 4 rings (SSSR count). The summed E-state index contributed by atoms with van der Waals surface area (Å²) in [4.78, 5) is 27.7. The summed E-state index contributed by atoms with van der Waals surface area (Å²) in [6.07, 6.45) is 1.93. The molecular weight excluding hydrogens is 456 g/mol. The zero-order chi connectivity index (χ0) is 23.9. The molecule has 1 fully saturated rings. The highest BCUT2D eigenvalue weighted by Gasteiger charge is 2.20. The van der Waals surface area contributed by atoms with Crippen molar-refractivity contribution in [3.05, 3.63) is 71.3 Å². The molecular formula is C23H24N6O4S. The summed E-state index contributed by atoms with van der Waals surface area (Å²) in [5, 5.41) is 22.0. The van der Waals surface area contributed by atoms with Gasteiger partial charge in [-0.1, -0.05) is 30.0 Å². The van der Waals surface area contributed by atoms with Gasteiger partial charge < -0.3 is 14.6 Å². The Morgan fingerprint density at radius 3 is 2.59 bits per heavy atom. The number of para-hydroxylation sites is 1. The lowest BCUT2D eigenvalue weighted by molar-refractivity contribution is -0.384. The van der Waals surface area contributed by atoms with Gasteiger partial charge in [0.15, 0.2) is 0 Å². The van der Waals surface area contributed by atoms with E-state index in [0.29, 0.717) is 5.69 Å². The number of rotatable bonds is 9. The van der Waals surface area contributed by atoms with Gasteiger partial charge in [0.25, 0.3) is 16.8 Å². The van der Waals surface area contributed by atoms with Crippen LogP contribution in [0, 0.1) is 10.1 Å². The number of hydrogen-bond acceptors (Lipinski definition) is 9. The maximum Gasteiger partial charge on any atom is 0.282 e. The Morgan fingerprint density at radius 2 is 1.88 bits per heavy atom. The van der Waals surface area contributed by atoms with E-state index in [2.05, 4.69) is 31.9 Å². The lowest BCUT2D eigenvalue weighted by Gasteiger charge is -2.35. The van der Waals surface area contributed by atoms with Crippen LogP contribution in [0.3, 0.4) is 0 Å². The van der Waals surface area contributed by atoms with Gasteiger partial charge in [0.1, 0.15) is 5.56 Å². The van der Waals surface area contributed by atoms with Gasteiger partial charge in [0.05, 0.1) is 10.7 Å². The molecule has 3 aromatic rings. The molecule has 0 radical (unpaired) electrons. The number of thioether (sulfide) groups is 1. The molecule has 1 aromatic heterocycles. The van der Waals surface area contributed by atoms with Gasteiger partial charge in [-0.3, -0.25) is 19.8 Å². The van der Waals surface area contributed by atoms with Crippen molar-refractivity contribution in [1.82, 2.24) is 15.1 Å². The van der Waals surface area contributed by atoms with Crippen molar-refractivity contribution in [3.63, 3.8) is 0 Å². The maximum atomic E-state index is 12.4. The molecule has 0 unspecified atom stereocenters. The average molecular weight is 481 g/mol. The van der Waals surface area contributed by atoms with E-state index >= 15 is 0 Å². The standard InChI is InChI=1S/C23H24N6O4S/c1-2-11-27-12-14-28(15-13-27)18-9-7-17(8-10-18)24-21(30)16-34-23-26-25-22(33-23)19-5-3-4-6-20(19)29(31)32/h2-10H,1,11-16H2,(H,24,30). The number of hydrogen-bond donors (Lipinski definition) is 1. The summed E-state index contributed by atoms with van der Waals surface area (Å²) in [5.41, 5.74) is 1.94. The molecule has 1 saturated heterocycles. The van der Waals surface area contributed by atoms with Crippen LogP contribution in [-0.4, -0.2) is 64.4 Å². The number of nitrogens with one attached hydrogen (secondary N) is 1. The molecule has 0 bridgehead atoms. The van der Waals surface area contributed by atoms with Crippen LogP contribution in [0.15, 0.2) is 70.8 Å². The quantitative estimate of drug-likeness (QED) is 0.212. The molecule has 1 amide bonds. The first-order valence-electron chi connectivity index (χ1n) is 10.7. The summed E-state index contributed by atoms with van der Waals surface area (Å²) in [6.45, 7) is 8.60. The van der Waals surface area contributed by atoms with Gasteiger partial charge >= 0.3 is 0 Å². The molecule has 34 heavy (non-hydrogen) atoms. The van der Waals surface area contributed by atoms with E-state index < -0.39 is 4.92 Å². The highest BCUT2D eigenvalue weighted by molar-refractivity contribution is 7.99. The third kappa shape index (κ3) is 5.80. The SMILES string of the molecule is C=CCN1CCN(c2ccc(NC(=O)CSc3nnc(-c4ccccc4[N+](=O)[O-])o3)cc2)CC1. The predicted octanol–water partition coefficient (Wildman–Crippen LogP) is 3.68. The molecule has 0 spiro atoms. The molecule has 2 heterocycles. The zero-order valence-electron chi connectivity index (χ0n) is 18.4. The fraction of sp³-hybridized carbons (Fsp3) is 0.261. The minimum atomic E-state index is -0.506. The Balaban J connectivity index is 1.28. The summed E-state index contributed by atoms with van der Waals surface area (Å²) in [5.74, 6) is -0.122. The van der Waals surface area contributed by atoms with E-state index in [0.717, 1.165) is 50.2 Å². The number of nitrogens with zero attached hydrogens (tertiary/aromatic N) is 5. The number of carbonyl (C=O) groups is 1. The molecule has 2 aromatic carbocycles. The van der Waals surface area contributed by atoms with Gasteiger partial charge in [-0.25, -0.2) is 0 Å². The number of aromatic nitrogens is 2. The molecule has 1 N–H and O–H groups in total. The first kappa shape index (κ1) is 23.5. The molecule has 10 nitrogen and oxygen atoms in total. The third-order valence-corrected chi connectivity index (χ3v) is 6.16. The van der Waals surface area contributed by atoms with Crippen molar-refractivity contribution in [2.45, 2.75) is 5.22 Å². The number of benzene rings is 2. The number of carbonyl (C=O) groups excluding carboxylic acids is 1. The lowest BCUT2D eigenvalue weighted by atomic mass is 10.2. The summed E-state index contributed by atoms with van der Waals surface area (Å²) < 4.78 is 5.51. The molecule has 0 aliphatic carbocycles. The summed E-state index contributed by atoms with van der Waals surface area (Å²) >= 11 is 1.07. The zero-order valence-corrected chi connectivity index (χ0v) is 19.2. The van der Waals surface area contributed by atoms with Crippen molar-refractivity contribution in [2.24, 2.45) is 0 Å². The van der Waals surface area contributed by atoms with E-state index in [4.69, 9.17) is 4.42 Å². The third-order valence-electron chi connectivity index (χ3n) is 5.34. The smallest absolute Gasteiger partial charge is 0.282 e. The normalized spacial score (nSPS) is 14.1. The van der Waals surface area contributed by atoms with E-state index in [1.807, 2.05) is 30.3 Å². The van der Waals surface area contributed by atoms with Crippen molar-refractivity contribution in [1.29, 1.82) is 0 Å². The van der Waals surface area contributed by atoms with Gasteiger partial charge in [0.2, 0.25) is 5.91 Å². The minimum absolute atomic E-state index is 0.0381. The predicted molar refractivity (Wildman–Crippen MR) is 131 cm³/mol. The van der Waals surface area contributed by atoms with Gasteiger partial charge in [-0.2, -0.15) is 0 Å². The summed E-state index contributed by atoms with van der Waals surface area (Å²) in [6, 6.07) is 13.9.